The number of benzodiazepines with no additional fused rings is 1. The Balaban J connectivity index is 1.84. The van der Waals surface area contributed by atoms with Crippen LogP contribution in [0.3, 0.4) is 0 Å². The van der Waals surface area contributed by atoms with Crippen LogP contribution in [0.4, 0.5) is 5.69 Å². The first-order chi connectivity index (χ1) is 14.3. The number of nitrogens with two attached hydrogens (primary N) is 1. The molecule has 0 saturated carbocycles. The van der Waals surface area contributed by atoms with Crippen molar-refractivity contribution in [3.8, 4) is 0 Å². The van der Waals surface area contributed by atoms with Gasteiger partial charge in [-0.05, 0) is 24.6 Å². The minimum absolute atomic E-state index is 0.0284. The highest BCUT2D eigenvalue weighted by molar-refractivity contribution is 6.20. The second kappa shape index (κ2) is 8.84. The van der Waals surface area contributed by atoms with Crippen molar-refractivity contribution in [1.82, 2.24) is 0 Å². The molecule has 0 fully saturated rings. The summed E-state index contributed by atoms with van der Waals surface area (Å²) in [4.78, 5) is 20.5. The van der Waals surface area contributed by atoms with Gasteiger partial charge in [0.05, 0.1) is 11.4 Å². The average Bonchev–Trinajstić information content (AvgIpc) is 2.89. The van der Waals surface area contributed by atoms with E-state index in [2.05, 4.69) is 18.2 Å². The maximum atomic E-state index is 13.6. The van der Waals surface area contributed by atoms with Crippen LogP contribution in [0.2, 0.25) is 0 Å². The van der Waals surface area contributed by atoms with Gasteiger partial charge in [-0.3, -0.25) is 9.79 Å². The molecule has 0 spiro atoms. The lowest BCUT2D eigenvalue weighted by Crippen LogP contribution is -2.40. The van der Waals surface area contributed by atoms with Crippen LogP contribution in [0.5, 0.6) is 0 Å². The molecule has 1 amide bonds. The lowest BCUT2D eigenvalue weighted by atomic mass is 10.00. The van der Waals surface area contributed by atoms with Gasteiger partial charge in [0.15, 0.2) is 0 Å². The molecule has 2 N–H and O–H groups in total. The molecule has 1 heterocycles. The topological polar surface area (TPSA) is 58.7 Å². The van der Waals surface area contributed by atoms with Crippen LogP contribution < -0.4 is 10.6 Å². The largest absolute Gasteiger partial charge is 0.330 e. The SMILES string of the molecule is NCCCN1C(=O)C(Cc2ccccc2)N=C(c2ccccc2)c2ccccc21. The van der Waals surface area contributed by atoms with E-state index >= 15 is 0 Å². The van der Waals surface area contributed by atoms with Crippen molar-refractivity contribution in [1.29, 1.82) is 0 Å². The number of carbonyl (C=O) groups is 1. The van der Waals surface area contributed by atoms with Crippen molar-refractivity contribution in [3.05, 3.63) is 102 Å². The normalized spacial score (nSPS) is 16.2. The fourth-order valence-electron chi connectivity index (χ4n) is 3.76. The zero-order valence-electron chi connectivity index (χ0n) is 16.4. The summed E-state index contributed by atoms with van der Waals surface area (Å²) in [5.74, 6) is 0.0284. The van der Waals surface area contributed by atoms with E-state index in [0.29, 0.717) is 19.5 Å². The number of nitrogens with zero attached hydrogens (tertiary/aromatic N) is 2. The molecule has 4 rings (SSSR count). The van der Waals surface area contributed by atoms with E-state index in [4.69, 9.17) is 10.7 Å². The molecule has 3 aromatic carbocycles. The fraction of sp³-hybridized carbons (Fsp3) is 0.200. The van der Waals surface area contributed by atoms with Crippen LogP contribution in [0.15, 0.2) is 89.9 Å². The molecule has 1 atom stereocenters. The van der Waals surface area contributed by atoms with Crippen molar-refractivity contribution in [3.63, 3.8) is 0 Å². The highest BCUT2D eigenvalue weighted by Gasteiger charge is 2.31. The van der Waals surface area contributed by atoms with Crippen LogP contribution in [-0.4, -0.2) is 30.8 Å². The number of fused-ring (bicyclic) bond motifs is 1. The zero-order valence-corrected chi connectivity index (χ0v) is 16.4. The van der Waals surface area contributed by atoms with Crippen molar-refractivity contribution < 1.29 is 4.79 Å². The number of anilines is 1. The molecule has 0 radical (unpaired) electrons. The number of rotatable bonds is 6. The third-order valence-corrected chi connectivity index (χ3v) is 5.19. The van der Waals surface area contributed by atoms with Crippen molar-refractivity contribution in [2.75, 3.05) is 18.0 Å². The summed E-state index contributed by atoms with van der Waals surface area (Å²) in [6, 6.07) is 27.7. The highest BCUT2D eigenvalue weighted by Crippen LogP contribution is 2.29. The Bertz CT molecular complexity index is 999. The van der Waals surface area contributed by atoms with Gasteiger partial charge in [0.1, 0.15) is 6.04 Å². The molecule has 0 aromatic heterocycles. The Morgan fingerprint density at radius 1 is 0.862 bits per heavy atom. The maximum Gasteiger partial charge on any atom is 0.252 e. The van der Waals surface area contributed by atoms with Crippen LogP contribution in [0, 0.1) is 0 Å². The Kier molecular flexibility index (Phi) is 5.82. The van der Waals surface area contributed by atoms with Gasteiger partial charge in [-0.2, -0.15) is 0 Å². The number of amides is 1. The summed E-state index contributed by atoms with van der Waals surface area (Å²) in [6.45, 7) is 1.14. The standard InChI is InChI=1S/C25H25N3O/c26-16-9-17-28-23-15-8-7-14-21(23)24(20-12-5-2-6-13-20)27-22(25(28)29)18-19-10-3-1-4-11-19/h1-8,10-15,22H,9,16-18,26H2. The zero-order chi connectivity index (χ0) is 20.1. The first-order valence-electron chi connectivity index (χ1n) is 10.1. The number of carbonyl (C=O) groups excluding carboxylic acids is 1. The highest BCUT2D eigenvalue weighted by atomic mass is 16.2. The second-order valence-electron chi connectivity index (χ2n) is 7.20. The van der Waals surface area contributed by atoms with Gasteiger partial charge in [0.2, 0.25) is 0 Å². The summed E-state index contributed by atoms with van der Waals surface area (Å²) in [6.07, 6.45) is 1.32. The van der Waals surface area contributed by atoms with E-state index in [-0.39, 0.29) is 5.91 Å². The first-order valence-corrected chi connectivity index (χ1v) is 10.1. The van der Waals surface area contributed by atoms with Gasteiger partial charge < -0.3 is 10.6 Å². The van der Waals surface area contributed by atoms with Gasteiger partial charge in [-0.25, -0.2) is 0 Å². The van der Waals surface area contributed by atoms with Gasteiger partial charge in [-0.15, -0.1) is 0 Å². The third kappa shape index (κ3) is 4.13. The Morgan fingerprint density at radius 3 is 2.24 bits per heavy atom. The van der Waals surface area contributed by atoms with E-state index < -0.39 is 6.04 Å². The van der Waals surface area contributed by atoms with Crippen molar-refractivity contribution in [2.45, 2.75) is 18.9 Å². The van der Waals surface area contributed by atoms with E-state index in [1.165, 1.54) is 0 Å². The molecule has 3 aromatic rings. The van der Waals surface area contributed by atoms with Crippen molar-refractivity contribution in [2.24, 2.45) is 10.7 Å². The second-order valence-corrected chi connectivity index (χ2v) is 7.20. The van der Waals surface area contributed by atoms with Gasteiger partial charge in [0.25, 0.3) is 5.91 Å². The fourth-order valence-corrected chi connectivity index (χ4v) is 3.76. The first kappa shape index (κ1) is 19.1. The molecule has 0 aliphatic carbocycles. The van der Waals surface area contributed by atoms with E-state index in [1.54, 1.807) is 0 Å². The smallest absolute Gasteiger partial charge is 0.252 e. The van der Waals surface area contributed by atoms with Crippen LogP contribution in [0.1, 0.15) is 23.1 Å². The summed E-state index contributed by atoms with van der Waals surface area (Å²) in [5, 5.41) is 0. The molecule has 29 heavy (non-hydrogen) atoms. The molecule has 4 nitrogen and oxygen atoms in total. The van der Waals surface area contributed by atoms with E-state index in [0.717, 1.165) is 34.5 Å². The maximum absolute atomic E-state index is 13.6. The third-order valence-electron chi connectivity index (χ3n) is 5.19. The predicted octanol–water partition coefficient (Wildman–Crippen LogP) is 3.83. The molecular formula is C25H25N3O. The quantitative estimate of drug-likeness (QED) is 0.703. The average molecular weight is 383 g/mol. The molecule has 0 bridgehead atoms. The lowest BCUT2D eigenvalue weighted by Gasteiger charge is -2.25. The predicted molar refractivity (Wildman–Crippen MR) is 118 cm³/mol. The number of benzene rings is 3. The molecular weight excluding hydrogens is 358 g/mol. The van der Waals surface area contributed by atoms with Crippen molar-refractivity contribution >= 4 is 17.3 Å². The Labute approximate surface area is 171 Å². The minimum Gasteiger partial charge on any atom is -0.330 e. The summed E-state index contributed by atoms with van der Waals surface area (Å²) in [5.41, 5.74) is 10.6. The van der Waals surface area contributed by atoms with Crippen LogP contribution in [0.25, 0.3) is 0 Å². The molecule has 0 saturated heterocycles. The Hall–Kier alpha value is -3.24. The van der Waals surface area contributed by atoms with E-state index in [1.807, 2.05) is 71.6 Å². The monoisotopic (exact) mass is 383 g/mol. The minimum atomic E-state index is -0.474. The number of hydrogen-bond acceptors (Lipinski definition) is 3. The van der Waals surface area contributed by atoms with Gasteiger partial charge in [0, 0.05) is 24.1 Å². The van der Waals surface area contributed by atoms with Crippen LogP contribution in [-0.2, 0) is 11.2 Å². The lowest BCUT2D eigenvalue weighted by molar-refractivity contribution is -0.119. The number of hydrogen-bond donors (Lipinski definition) is 1. The van der Waals surface area contributed by atoms with Crippen LogP contribution >= 0.6 is 0 Å². The molecule has 1 unspecified atom stereocenters. The van der Waals surface area contributed by atoms with E-state index in [9.17, 15) is 4.79 Å². The number of para-hydroxylation sites is 1. The molecule has 1 aliphatic heterocycles. The molecule has 146 valence electrons. The number of aliphatic imine (C=N–C) groups is 1. The Morgan fingerprint density at radius 2 is 1.52 bits per heavy atom. The van der Waals surface area contributed by atoms with Gasteiger partial charge >= 0.3 is 0 Å². The summed E-state index contributed by atoms with van der Waals surface area (Å²) < 4.78 is 0. The summed E-state index contributed by atoms with van der Waals surface area (Å²) in [7, 11) is 0. The molecule has 1 aliphatic rings. The molecule has 4 heteroatoms. The summed E-state index contributed by atoms with van der Waals surface area (Å²) >= 11 is 0. The van der Waals surface area contributed by atoms with Gasteiger partial charge in [-0.1, -0.05) is 78.9 Å².